The number of hydrogen-bond acceptors (Lipinski definition) is 5. The van der Waals surface area contributed by atoms with Crippen molar-refractivity contribution in [2.75, 3.05) is 24.3 Å². The number of urea groups is 1. The van der Waals surface area contributed by atoms with Gasteiger partial charge >= 0.3 is 6.03 Å². The van der Waals surface area contributed by atoms with Gasteiger partial charge in [0.25, 0.3) is 0 Å². The summed E-state index contributed by atoms with van der Waals surface area (Å²) in [5, 5.41) is 17.5. The molecule has 0 heterocycles. The fourth-order valence-corrected chi connectivity index (χ4v) is 2.70. The van der Waals surface area contributed by atoms with Gasteiger partial charge < -0.3 is 20.7 Å². The van der Waals surface area contributed by atoms with Crippen LogP contribution in [0.2, 0.25) is 0 Å². The number of ether oxygens (including phenoxy) is 1. The highest BCUT2D eigenvalue weighted by Crippen LogP contribution is 2.33. The average Bonchev–Trinajstić information content (AvgIpc) is 2.74. The fraction of sp³-hybridized carbons (Fsp3) is 0.261. The topological polar surface area (TPSA) is 98.5 Å². The molecular formula is C23H26FN5O2. The Morgan fingerprint density at radius 2 is 1.84 bits per heavy atom. The van der Waals surface area contributed by atoms with Crippen molar-refractivity contribution in [2.45, 2.75) is 20.3 Å². The lowest BCUT2D eigenvalue weighted by atomic mass is 9.92. The first-order valence-corrected chi connectivity index (χ1v) is 9.56. The number of benzene rings is 2. The molecule has 0 aliphatic carbocycles. The number of carbonyl (C=O) groups is 1. The number of aliphatic imine (C=N–C) groups is 1. The maximum atomic E-state index is 14.5. The van der Waals surface area contributed by atoms with Gasteiger partial charge in [0.15, 0.2) is 0 Å². The molecular weight excluding hydrogens is 397 g/mol. The van der Waals surface area contributed by atoms with Gasteiger partial charge in [-0.15, -0.1) is 0 Å². The van der Waals surface area contributed by atoms with E-state index >= 15 is 0 Å². The van der Waals surface area contributed by atoms with Gasteiger partial charge in [0, 0.05) is 35.7 Å². The number of hydrogen-bond donors (Lipinski definition) is 3. The molecule has 0 saturated heterocycles. The first-order valence-electron chi connectivity index (χ1n) is 9.56. The Labute approximate surface area is 181 Å². The van der Waals surface area contributed by atoms with Crippen LogP contribution in [0.3, 0.4) is 0 Å². The molecule has 8 heteroatoms. The molecule has 0 bridgehead atoms. The second kappa shape index (κ2) is 10.3. The second-order valence-corrected chi connectivity index (χ2v) is 7.47. The zero-order valence-electron chi connectivity index (χ0n) is 17.9. The highest BCUT2D eigenvalue weighted by molar-refractivity contribution is 5.89. The molecule has 0 aliphatic rings. The Kier molecular flexibility index (Phi) is 7.75. The summed E-state index contributed by atoms with van der Waals surface area (Å²) in [6.07, 6.45) is 0.547. The van der Waals surface area contributed by atoms with Crippen LogP contribution in [0.4, 0.5) is 26.2 Å². The molecule has 2 amide bonds. The summed E-state index contributed by atoms with van der Waals surface area (Å²) in [5.41, 5.74) is 1.55. The fourth-order valence-electron chi connectivity index (χ4n) is 2.70. The van der Waals surface area contributed by atoms with E-state index in [1.165, 1.54) is 13.2 Å². The van der Waals surface area contributed by atoms with E-state index in [0.717, 1.165) is 0 Å². The van der Waals surface area contributed by atoms with Crippen molar-refractivity contribution in [1.29, 1.82) is 5.26 Å². The Morgan fingerprint density at radius 3 is 2.39 bits per heavy atom. The minimum atomic E-state index is -0.534. The average molecular weight is 423 g/mol. The molecule has 0 saturated carbocycles. The molecule has 0 spiro atoms. The van der Waals surface area contributed by atoms with Gasteiger partial charge in [-0.2, -0.15) is 5.26 Å². The number of rotatable bonds is 9. The van der Waals surface area contributed by atoms with Gasteiger partial charge in [0.2, 0.25) is 0 Å². The summed E-state index contributed by atoms with van der Waals surface area (Å²) < 4.78 is 19.6. The lowest BCUT2D eigenvalue weighted by molar-refractivity contribution is 0.251. The van der Waals surface area contributed by atoms with Crippen molar-refractivity contribution in [2.24, 2.45) is 10.4 Å². The molecule has 0 aromatic heterocycles. The van der Waals surface area contributed by atoms with Gasteiger partial charge in [-0.05, 0) is 51.3 Å². The third-order valence-corrected chi connectivity index (χ3v) is 4.53. The Bertz CT molecular complexity index is 1010. The van der Waals surface area contributed by atoms with E-state index < -0.39 is 11.2 Å². The monoisotopic (exact) mass is 423 g/mol. The van der Waals surface area contributed by atoms with Crippen LogP contribution in [0.5, 0.6) is 5.75 Å². The predicted molar refractivity (Wildman–Crippen MR) is 122 cm³/mol. The van der Waals surface area contributed by atoms with Gasteiger partial charge in [-0.3, -0.25) is 4.99 Å². The molecule has 0 fully saturated rings. The zero-order chi connectivity index (χ0) is 23.0. The van der Waals surface area contributed by atoms with Crippen LogP contribution in [-0.2, 0) is 0 Å². The maximum absolute atomic E-state index is 14.5. The number of halogens is 1. The third kappa shape index (κ3) is 6.57. The van der Waals surface area contributed by atoms with E-state index in [9.17, 15) is 9.18 Å². The Balaban J connectivity index is 1.99. The van der Waals surface area contributed by atoms with Crippen LogP contribution in [0.15, 0.2) is 48.0 Å². The van der Waals surface area contributed by atoms with Gasteiger partial charge in [-0.25, -0.2) is 9.18 Å². The van der Waals surface area contributed by atoms with Gasteiger partial charge in [0.05, 0.1) is 29.8 Å². The standard InChI is InChI=1S/C23H26FN5O2/c1-15(21-19(24)12-18(31-5)13-20(21)26-4)28-16-6-8-17(9-7-16)29-22(30)27-11-10-23(2,3)14-25/h6-9,12-13,28H,1,4,10-11H2,2-3,5H3,(H2,27,29,30). The van der Waals surface area contributed by atoms with E-state index in [4.69, 9.17) is 10.00 Å². The predicted octanol–water partition coefficient (Wildman–Crippen LogP) is 5.31. The van der Waals surface area contributed by atoms with E-state index in [1.807, 2.05) is 13.8 Å². The van der Waals surface area contributed by atoms with Crippen molar-refractivity contribution in [3.63, 3.8) is 0 Å². The Hall–Kier alpha value is -3.86. The van der Waals surface area contributed by atoms with Crippen LogP contribution in [0.25, 0.3) is 5.70 Å². The van der Waals surface area contributed by atoms with Crippen molar-refractivity contribution in [1.82, 2.24) is 5.32 Å². The third-order valence-electron chi connectivity index (χ3n) is 4.53. The molecule has 31 heavy (non-hydrogen) atoms. The largest absolute Gasteiger partial charge is 0.497 e. The number of nitrogens with zero attached hydrogens (tertiary/aromatic N) is 2. The van der Waals surface area contributed by atoms with Crippen LogP contribution < -0.4 is 20.7 Å². The van der Waals surface area contributed by atoms with Crippen LogP contribution in [-0.4, -0.2) is 26.4 Å². The molecule has 0 atom stereocenters. The van der Waals surface area contributed by atoms with Crippen LogP contribution >= 0.6 is 0 Å². The van der Waals surface area contributed by atoms with Crippen molar-refractivity contribution < 1.29 is 13.9 Å². The molecule has 0 unspecified atom stereocenters. The number of amides is 2. The number of nitrogens with one attached hydrogen (secondary N) is 3. The van der Waals surface area contributed by atoms with Crippen LogP contribution in [0.1, 0.15) is 25.8 Å². The molecule has 162 valence electrons. The summed E-state index contributed by atoms with van der Waals surface area (Å²) in [7, 11) is 1.44. The van der Waals surface area contributed by atoms with E-state index in [2.05, 4.69) is 40.3 Å². The molecule has 0 aliphatic heterocycles. The molecule has 7 nitrogen and oxygen atoms in total. The van der Waals surface area contributed by atoms with Crippen molar-refractivity contribution in [3.05, 3.63) is 54.4 Å². The second-order valence-electron chi connectivity index (χ2n) is 7.47. The van der Waals surface area contributed by atoms with Crippen molar-refractivity contribution in [3.8, 4) is 11.8 Å². The van der Waals surface area contributed by atoms with Gasteiger partial charge in [0.1, 0.15) is 11.6 Å². The van der Waals surface area contributed by atoms with E-state index in [1.54, 1.807) is 30.3 Å². The molecule has 2 aromatic rings. The van der Waals surface area contributed by atoms with Gasteiger partial charge in [-0.1, -0.05) is 6.58 Å². The zero-order valence-corrected chi connectivity index (χ0v) is 17.9. The Morgan fingerprint density at radius 1 is 1.23 bits per heavy atom. The summed E-state index contributed by atoms with van der Waals surface area (Å²) >= 11 is 0. The number of nitriles is 1. The molecule has 2 aromatic carbocycles. The lowest BCUT2D eigenvalue weighted by Gasteiger charge is -2.16. The molecule has 3 N–H and O–H groups in total. The van der Waals surface area contributed by atoms with Crippen molar-refractivity contribution >= 4 is 35.5 Å². The quantitative estimate of drug-likeness (QED) is 0.476. The highest BCUT2D eigenvalue weighted by atomic mass is 19.1. The lowest BCUT2D eigenvalue weighted by Crippen LogP contribution is -2.31. The van der Waals surface area contributed by atoms with E-state index in [0.29, 0.717) is 41.5 Å². The molecule has 2 rings (SSSR count). The minimum Gasteiger partial charge on any atom is -0.497 e. The summed E-state index contributed by atoms with van der Waals surface area (Å²) in [5.74, 6) is -0.199. The number of methoxy groups -OCH3 is 1. The summed E-state index contributed by atoms with van der Waals surface area (Å²) in [6, 6.07) is 11.5. The first kappa shape index (κ1) is 23.4. The first-order chi connectivity index (χ1) is 14.7. The number of carbonyl (C=O) groups excluding carboxylic acids is 1. The highest BCUT2D eigenvalue weighted by Gasteiger charge is 2.16. The van der Waals surface area contributed by atoms with E-state index in [-0.39, 0.29) is 11.6 Å². The summed E-state index contributed by atoms with van der Waals surface area (Å²) in [6.45, 7) is 11.4. The normalized spacial score (nSPS) is 10.5. The SMILES string of the molecule is C=Nc1cc(OC)cc(F)c1C(=C)Nc1ccc(NC(=O)NCCC(C)(C)C#N)cc1. The summed E-state index contributed by atoms with van der Waals surface area (Å²) in [4.78, 5) is 15.8. The van der Waals surface area contributed by atoms with Crippen LogP contribution in [0, 0.1) is 22.6 Å². The minimum absolute atomic E-state index is 0.192. The smallest absolute Gasteiger partial charge is 0.319 e. The number of anilines is 2. The molecule has 0 radical (unpaired) electrons. The maximum Gasteiger partial charge on any atom is 0.319 e.